The van der Waals surface area contributed by atoms with Crippen LogP contribution in [0.1, 0.15) is 20.3 Å². The Morgan fingerprint density at radius 3 is 2.12 bits per heavy atom. The first kappa shape index (κ1) is 7.95. The summed E-state index contributed by atoms with van der Waals surface area (Å²) < 4.78 is 21.1. The van der Waals surface area contributed by atoms with E-state index in [0.717, 1.165) is 0 Å². The Hall–Kier alpha value is -0.0500. The van der Waals surface area contributed by atoms with Crippen molar-refractivity contribution in [1.29, 1.82) is 0 Å². The van der Waals surface area contributed by atoms with Crippen LogP contribution in [0, 0.1) is 5.75 Å². The Morgan fingerprint density at radius 1 is 1.50 bits per heavy atom. The predicted octanol–water partition coefficient (Wildman–Crippen LogP) is 0.993. The second-order valence-electron chi connectivity index (χ2n) is 1.60. The van der Waals surface area contributed by atoms with Crippen LogP contribution in [0.2, 0.25) is 0 Å². The molecule has 0 unspecified atom stereocenters. The molecule has 49 valence electrons. The Bertz CT molecular complexity index is 135. The van der Waals surface area contributed by atoms with Crippen molar-refractivity contribution < 1.29 is 8.42 Å². The Kier molecular flexibility index (Phi) is 3.05. The Labute approximate surface area is 50.8 Å². The predicted molar refractivity (Wildman–Crippen MR) is 34.1 cm³/mol. The quantitative estimate of drug-likeness (QED) is 0.578. The van der Waals surface area contributed by atoms with E-state index in [4.69, 9.17) is 0 Å². The second-order valence-corrected chi connectivity index (χ2v) is 3.81. The molecule has 0 aliphatic carbocycles. The minimum absolute atomic E-state index is 0.281. The highest BCUT2D eigenvalue weighted by Crippen LogP contribution is 1.95. The minimum Gasteiger partial charge on any atom is -0.229 e. The number of rotatable bonds is 3. The van der Waals surface area contributed by atoms with Gasteiger partial charge in [0, 0.05) is 0 Å². The van der Waals surface area contributed by atoms with Crippen molar-refractivity contribution in [2.75, 3.05) is 5.75 Å². The lowest BCUT2D eigenvalue weighted by molar-refractivity contribution is 0.600. The van der Waals surface area contributed by atoms with E-state index in [1.54, 1.807) is 6.92 Å². The largest absolute Gasteiger partial charge is 0.229 e. The van der Waals surface area contributed by atoms with E-state index in [1.807, 2.05) is 6.92 Å². The van der Waals surface area contributed by atoms with Gasteiger partial charge in [0.25, 0.3) is 0 Å². The summed E-state index contributed by atoms with van der Waals surface area (Å²) in [6.07, 6.45) is 0.701. The van der Waals surface area contributed by atoms with Gasteiger partial charge in [-0.25, -0.2) is 8.42 Å². The zero-order chi connectivity index (χ0) is 6.62. The molecule has 0 aromatic heterocycles. The van der Waals surface area contributed by atoms with Gasteiger partial charge in [0.1, 0.15) is 0 Å². The van der Waals surface area contributed by atoms with E-state index >= 15 is 0 Å². The van der Waals surface area contributed by atoms with Gasteiger partial charge in [0.2, 0.25) is 0 Å². The molecule has 0 saturated heterocycles. The van der Waals surface area contributed by atoms with Gasteiger partial charge in [-0.15, -0.1) is 0 Å². The van der Waals surface area contributed by atoms with Crippen molar-refractivity contribution in [3.8, 4) is 0 Å². The van der Waals surface area contributed by atoms with Gasteiger partial charge in [0.15, 0.2) is 9.84 Å². The molecule has 0 atom stereocenters. The van der Waals surface area contributed by atoms with Gasteiger partial charge in [-0.2, -0.15) is 0 Å². The molecule has 0 fully saturated rings. The molecule has 0 saturated carbocycles. The van der Waals surface area contributed by atoms with Crippen molar-refractivity contribution in [2.24, 2.45) is 0 Å². The lowest BCUT2D eigenvalue weighted by Gasteiger charge is -1.93. The van der Waals surface area contributed by atoms with Crippen molar-refractivity contribution in [2.45, 2.75) is 20.3 Å². The van der Waals surface area contributed by atoms with Crippen molar-refractivity contribution >= 4 is 9.84 Å². The SMILES string of the molecule is C[CH]S(=O)(=O)CCC. The fraction of sp³-hybridized carbons (Fsp3) is 0.800. The summed E-state index contributed by atoms with van der Waals surface area (Å²) in [6.45, 7) is 3.39. The van der Waals surface area contributed by atoms with Gasteiger partial charge in [0.05, 0.1) is 11.5 Å². The first-order chi connectivity index (χ1) is 3.62. The van der Waals surface area contributed by atoms with Gasteiger partial charge < -0.3 is 0 Å². The molecule has 0 spiro atoms. The summed E-state index contributed by atoms with van der Waals surface area (Å²) in [5.41, 5.74) is 0. The van der Waals surface area contributed by atoms with Gasteiger partial charge in [-0.3, -0.25) is 0 Å². The standard InChI is InChI=1S/C5H11O2S/c1-3-5-8(6,7)4-2/h4H,3,5H2,1-2H3. The Balaban J connectivity index is 3.76. The fourth-order valence-corrected chi connectivity index (χ4v) is 1.21. The molecular formula is C5H11O2S. The van der Waals surface area contributed by atoms with Crippen LogP contribution in [0.5, 0.6) is 0 Å². The maximum absolute atomic E-state index is 10.5. The summed E-state index contributed by atoms with van der Waals surface area (Å²) in [4.78, 5) is 0. The normalized spacial score (nSPS) is 11.8. The van der Waals surface area contributed by atoms with Crippen molar-refractivity contribution in [1.82, 2.24) is 0 Å². The van der Waals surface area contributed by atoms with Crippen LogP contribution in [-0.2, 0) is 9.84 Å². The smallest absolute Gasteiger partial charge is 0.154 e. The highest BCUT2D eigenvalue weighted by atomic mass is 32.2. The third-order valence-electron chi connectivity index (χ3n) is 0.848. The molecule has 0 aromatic carbocycles. The first-order valence-corrected chi connectivity index (χ1v) is 4.36. The highest BCUT2D eigenvalue weighted by molar-refractivity contribution is 7.93. The molecule has 0 heterocycles. The van der Waals surface area contributed by atoms with E-state index < -0.39 is 9.84 Å². The summed E-state index contributed by atoms with van der Waals surface area (Å²) >= 11 is 0. The van der Waals surface area contributed by atoms with Crippen molar-refractivity contribution in [3.63, 3.8) is 0 Å². The van der Waals surface area contributed by atoms with Crippen LogP contribution in [0.4, 0.5) is 0 Å². The molecule has 8 heavy (non-hydrogen) atoms. The van der Waals surface area contributed by atoms with Crippen LogP contribution in [0.25, 0.3) is 0 Å². The van der Waals surface area contributed by atoms with Crippen LogP contribution < -0.4 is 0 Å². The Morgan fingerprint density at radius 2 is 2.00 bits per heavy atom. The number of hydrogen-bond acceptors (Lipinski definition) is 2. The lowest BCUT2D eigenvalue weighted by Crippen LogP contribution is -2.02. The minimum atomic E-state index is -2.79. The van der Waals surface area contributed by atoms with E-state index in [1.165, 1.54) is 5.75 Å². The average Bonchev–Trinajstić information content (AvgIpc) is 1.67. The average molecular weight is 135 g/mol. The van der Waals surface area contributed by atoms with E-state index in [2.05, 4.69) is 0 Å². The molecule has 2 nitrogen and oxygen atoms in total. The highest BCUT2D eigenvalue weighted by Gasteiger charge is 2.03. The third-order valence-corrected chi connectivity index (χ3v) is 2.54. The van der Waals surface area contributed by atoms with Gasteiger partial charge >= 0.3 is 0 Å². The van der Waals surface area contributed by atoms with Gasteiger partial charge in [-0.05, 0) is 13.3 Å². The van der Waals surface area contributed by atoms with E-state index in [9.17, 15) is 8.42 Å². The lowest BCUT2D eigenvalue weighted by atomic mass is 10.6. The van der Waals surface area contributed by atoms with E-state index in [-0.39, 0.29) is 5.75 Å². The zero-order valence-electron chi connectivity index (χ0n) is 5.22. The topological polar surface area (TPSA) is 34.1 Å². The molecule has 0 aromatic rings. The van der Waals surface area contributed by atoms with Crippen LogP contribution >= 0.6 is 0 Å². The monoisotopic (exact) mass is 135 g/mol. The first-order valence-electron chi connectivity index (χ1n) is 2.64. The van der Waals surface area contributed by atoms with Crippen molar-refractivity contribution in [3.05, 3.63) is 5.75 Å². The summed E-state index contributed by atoms with van der Waals surface area (Å²) in [5, 5.41) is 0. The van der Waals surface area contributed by atoms with Crippen LogP contribution in [0.15, 0.2) is 0 Å². The molecule has 0 N–H and O–H groups in total. The molecule has 0 bridgehead atoms. The third kappa shape index (κ3) is 3.02. The summed E-state index contributed by atoms with van der Waals surface area (Å²) in [6, 6.07) is 0. The molecule has 0 amide bonds. The fourth-order valence-electron chi connectivity index (χ4n) is 0.402. The maximum atomic E-state index is 10.5. The van der Waals surface area contributed by atoms with Crippen LogP contribution in [-0.4, -0.2) is 14.2 Å². The zero-order valence-corrected chi connectivity index (χ0v) is 6.03. The molecular weight excluding hydrogens is 124 g/mol. The molecule has 0 aliphatic rings. The van der Waals surface area contributed by atoms with Gasteiger partial charge in [-0.1, -0.05) is 6.92 Å². The molecule has 0 rings (SSSR count). The molecule has 1 radical (unpaired) electrons. The van der Waals surface area contributed by atoms with Crippen LogP contribution in [0.3, 0.4) is 0 Å². The molecule has 3 heteroatoms. The number of hydrogen-bond donors (Lipinski definition) is 0. The van der Waals surface area contributed by atoms with E-state index in [0.29, 0.717) is 6.42 Å². The second kappa shape index (κ2) is 3.07. The number of sulfone groups is 1. The maximum Gasteiger partial charge on any atom is 0.154 e. The molecule has 0 aliphatic heterocycles. The summed E-state index contributed by atoms with van der Waals surface area (Å²) in [7, 11) is -2.79. The summed E-state index contributed by atoms with van der Waals surface area (Å²) in [5.74, 6) is 1.53.